The van der Waals surface area contributed by atoms with E-state index in [2.05, 4.69) is 24.3 Å². The lowest BCUT2D eigenvalue weighted by molar-refractivity contribution is -0.122. The van der Waals surface area contributed by atoms with Crippen molar-refractivity contribution in [2.24, 2.45) is 0 Å². The minimum absolute atomic E-state index is 0.185. The number of rotatable bonds is 9. The number of amides is 2. The molecule has 3 rings (SSSR count). The van der Waals surface area contributed by atoms with E-state index in [0.717, 1.165) is 5.69 Å². The van der Waals surface area contributed by atoms with Gasteiger partial charge in [0, 0.05) is 13.1 Å². The van der Waals surface area contributed by atoms with E-state index in [1.807, 2.05) is 68.4 Å². The third-order valence-electron chi connectivity index (χ3n) is 5.52. The average Bonchev–Trinajstić information content (AvgIpc) is 3.24. The number of para-hydroxylation sites is 1. The summed E-state index contributed by atoms with van der Waals surface area (Å²) in [6.07, 6.45) is 0.727. The van der Waals surface area contributed by atoms with Crippen molar-refractivity contribution >= 4 is 17.6 Å². The van der Waals surface area contributed by atoms with Crippen molar-refractivity contribution in [3.63, 3.8) is 0 Å². The first-order valence-electron chi connectivity index (χ1n) is 11.4. The molecule has 174 valence electrons. The molecule has 0 aliphatic carbocycles. The molecule has 0 saturated heterocycles. The molecule has 0 bridgehead atoms. The second kappa shape index (κ2) is 10.8. The van der Waals surface area contributed by atoms with E-state index in [4.69, 9.17) is 4.74 Å². The van der Waals surface area contributed by atoms with Crippen molar-refractivity contribution in [3.8, 4) is 11.4 Å². The van der Waals surface area contributed by atoms with Crippen LogP contribution in [-0.4, -0.2) is 45.7 Å². The van der Waals surface area contributed by atoms with Gasteiger partial charge < -0.3 is 15.0 Å². The second-order valence-electron chi connectivity index (χ2n) is 8.10. The molecule has 3 aromatic rings. The highest BCUT2D eigenvalue weighted by atomic mass is 16.5. The standard InChI is InChI=1S/C26H32N4O3/c1-6-29(7-2)26(32)23-17-27-30(21-11-9-8-10-12-21)24(23)28-25(31)19(5)33-22-15-13-20(14-16-22)18(3)4/h8-19H,6-7H2,1-5H3,(H,28,31). The lowest BCUT2D eigenvalue weighted by Gasteiger charge is -2.20. The number of carbonyl (C=O) groups excluding carboxylic acids is 2. The number of nitrogens with one attached hydrogen (secondary N) is 1. The lowest BCUT2D eigenvalue weighted by atomic mass is 10.0. The SMILES string of the molecule is CCN(CC)C(=O)c1cnn(-c2ccccc2)c1NC(=O)C(C)Oc1ccc(C(C)C)cc1. The van der Waals surface area contributed by atoms with E-state index >= 15 is 0 Å². The van der Waals surface area contributed by atoms with Gasteiger partial charge in [-0.05, 0) is 56.5 Å². The summed E-state index contributed by atoms with van der Waals surface area (Å²) in [6, 6.07) is 17.1. The van der Waals surface area contributed by atoms with Gasteiger partial charge >= 0.3 is 0 Å². The highest BCUT2D eigenvalue weighted by Crippen LogP contribution is 2.23. The maximum Gasteiger partial charge on any atom is 0.266 e. The summed E-state index contributed by atoms with van der Waals surface area (Å²) in [5.74, 6) is 0.802. The van der Waals surface area contributed by atoms with Crippen molar-refractivity contribution in [2.45, 2.75) is 46.6 Å². The Bertz CT molecular complexity index is 1070. The minimum atomic E-state index is -0.773. The molecule has 1 atom stereocenters. The van der Waals surface area contributed by atoms with Crippen LogP contribution in [0.3, 0.4) is 0 Å². The van der Waals surface area contributed by atoms with Gasteiger partial charge in [0.2, 0.25) is 0 Å². The fourth-order valence-corrected chi connectivity index (χ4v) is 3.48. The lowest BCUT2D eigenvalue weighted by Crippen LogP contribution is -2.34. The van der Waals surface area contributed by atoms with Crippen LogP contribution in [0.15, 0.2) is 60.8 Å². The van der Waals surface area contributed by atoms with Gasteiger partial charge in [-0.1, -0.05) is 44.2 Å². The molecule has 0 aliphatic rings. The predicted molar refractivity (Wildman–Crippen MR) is 130 cm³/mol. The Balaban J connectivity index is 1.86. The molecule has 1 N–H and O–H groups in total. The molecule has 33 heavy (non-hydrogen) atoms. The van der Waals surface area contributed by atoms with Crippen molar-refractivity contribution in [1.82, 2.24) is 14.7 Å². The van der Waals surface area contributed by atoms with E-state index in [-0.39, 0.29) is 11.8 Å². The van der Waals surface area contributed by atoms with E-state index in [9.17, 15) is 9.59 Å². The number of hydrogen-bond acceptors (Lipinski definition) is 4. The molecular formula is C26H32N4O3. The summed E-state index contributed by atoms with van der Waals surface area (Å²) in [7, 11) is 0. The molecule has 0 aliphatic heterocycles. The normalized spacial score (nSPS) is 11.8. The maximum atomic E-state index is 13.1. The summed E-state index contributed by atoms with van der Waals surface area (Å²) >= 11 is 0. The average molecular weight is 449 g/mol. The van der Waals surface area contributed by atoms with Gasteiger partial charge in [-0.2, -0.15) is 5.10 Å². The summed E-state index contributed by atoms with van der Waals surface area (Å²) in [6.45, 7) is 10.9. The van der Waals surface area contributed by atoms with Crippen molar-refractivity contribution in [1.29, 1.82) is 0 Å². The second-order valence-corrected chi connectivity index (χ2v) is 8.10. The van der Waals surface area contributed by atoms with Crippen LogP contribution < -0.4 is 10.1 Å². The molecule has 7 nitrogen and oxygen atoms in total. The monoisotopic (exact) mass is 448 g/mol. The van der Waals surface area contributed by atoms with Gasteiger partial charge in [0.05, 0.1) is 11.9 Å². The Morgan fingerprint density at radius 2 is 1.64 bits per heavy atom. The maximum absolute atomic E-state index is 13.1. The van der Waals surface area contributed by atoms with Crippen molar-refractivity contribution in [2.75, 3.05) is 18.4 Å². The van der Waals surface area contributed by atoms with Crippen LogP contribution in [0.5, 0.6) is 5.75 Å². The number of carbonyl (C=O) groups is 2. The Kier molecular flexibility index (Phi) is 7.87. The van der Waals surface area contributed by atoms with Gasteiger partial charge in [0.25, 0.3) is 11.8 Å². The Labute approximate surface area is 195 Å². The van der Waals surface area contributed by atoms with E-state index in [1.165, 1.54) is 11.8 Å². The molecule has 0 fully saturated rings. The largest absolute Gasteiger partial charge is 0.481 e. The van der Waals surface area contributed by atoms with Crippen LogP contribution in [-0.2, 0) is 4.79 Å². The first kappa shape index (κ1) is 24.0. The fraction of sp³-hybridized carbons (Fsp3) is 0.346. The zero-order chi connectivity index (χ0) is 24.0. The Hall–Kier alpha value is -3.61. The molecule has 1 aromatic heterocycles. The molecule has 0 saturated carbocycles. The summed E-state index contributed by atoms with van der Waals surface area (Å²) in [5, 5.41) is 7.27. The number of anilines is 1. The third kappa shape index (κ3) is 5.61. The first-order chi connectivity index (χ1) is 15.8. The van der Waals surface area contributed by atoms with Crippen LogP contribution in [0.2, 0.25) is 0 Å². The van der Waals surface area contributed by atoms with Gasteiger partial charge in [-0.3, -0.25) is 9.59 Å². The summed E-state index contributed by atoms with van der Waals surface area (Å²) in [5.41, 5.74) is 2.28. The molecule has 2 amide bonds. The van der Waals surface area contributed by atoms with Crippen molar-refractivity contribution in [3.05, 3.63) is 71.9 Å². The van der Waals surface area contributed by atoms with Crippen LogP contribution in [0.4, 0.5) is 5.82 Å². The van der Waals surface area contributed by atoms with Crippen LogP contribution in [0, 0.1) is 0 Å². The fourth-order valence-electron chi connectivity index (χ4n) is 3.48. The minimum Gasteiger partial charge on any atom is -0.481 e. The number of ether oxygens (including phenoxy) is 1. The summed E-state index contributed by atoms with van der Waals surface area (Å²) < 4.78 is 7.43. The first-order valence-corrected chi connectivity index (χ1v) is 11.4. The molecule has 7 heteroatoms. The van der Waals surface area contributed by atoms with E-state index in [0.29, 0.717) is 36.1 Å². The quantitative estimate of drug-likeness (QED) is 0.506. The summed E-state index contributed by atoms with van der Waals surface area (Å²) in [4.78, 5) is 27.8. The van der Waals surface area contributed by atoms with E-state index in [1.54, 1.807) is 16.5 Å². The molecule has 0 radical (unpaired) electrons. The topological polar surface area (TPSA) is 76.5 Å². The van der Waals surface area contributed by atoms with E-state index < -0.39 is 6.10 Å². The zero-order valence-electron chi connectivity index (χ0n) is 19.9. The molecule has 1 heterocycles. The highest BCUT2D eigenvalue weighted by molar-refractivity contribution is 6.04. The third-order valence-corrected chi connectivity index (χ3v) is 5.52. The van der Waals surface area contributed by atoms with Gasteiger partial charge in [0.1, 0.15) is 17.1 Å². The highest BCUT2D eigenvalue weighted by Gasteiger charge is 2.25. The molecule has 0 spiro atoms. The van der Waals surface area contributed by atoms with Crippen molar-refractivity contribution < 1.29 is 14.3 Å². The smallest absolute Gasteiger partial charge is 0.266 e. The molecule has 1 unspecified atom stereocenters. The molecule has 2 aromatic carbocycles. The number of aromatic nitrogens is 2. The Morgan fingerprint density at radius 3 is 2.21 bits per heavy atom. The number of benzene rings is 2. The predicted octanol–water partition coefficient (Wildman–Crippen LogP) is 4.88. The van der Waals surface area contributed by atoms with Crippen LogP contribution in [0.1, 0.15) is 56.5 Å². The number of hydrogen-bond donors (Lipinski definition) is 1. The van der Waals surface area contributed by atoms with Gasteiger partial charge in [0.15, 0.2) is 6.10 Å². The molecular weight excluding hydrogens is 416 g/mol. The van der Waals surface area contributed by atoms with Crippen LogP contribution in [0.25, 0.3) is 5.69 Å². The van der Waals surface area contributed by atoms with Crippen LogP contribution >= 0.6 is 0 Å². The van der Waals surface area contributed by atoms with Gasteiger partial charge in [-0.25, -0.2) is 4.68 Å². The zero-order valence-corrected chi connectivity index (χ0v) is 19.9. The van der Waals surface area contributed by atoms with Gasteiger partial charge in [-0.15, -0.1) is 0 Å². The Morgan fingerprint density at radius 1 is 1.00 bits per heavy atom. The number of nitrogens with zero attached hydrogens (tertiary/aromatic N) is 3.